The molecule has 2 aromatic carbocycles. The van der Waals surface area contributed by atoms with Crippen LogP contribution in [0.1, 0.15) is 46.6 Å². The molecule has 0 bridgehead atoms. The fourth-order valence-corrected chi connectivity index (χ4v) is 4.90. The van der Waals surface area contributed by atoms with Crippen LogP contribution in [0.25, 0.3) is 5.69 Å². The third kappa shape index (κ3) is 4.47. The number of hydrogen-bond donors (Lipinski definition) is 1. The van der Waals surface area contributed by atoms with Gasteiger partial charge in [-0.15, -0.1) is 0 Å². The van der Waals surface area contributed by atoms with Crippen LogP contribution in [0.4, 0.5) is 0 Å². The normalized spacial score (nSPS) is 14.1. The minimum Gasteiger partial charge on any atom is -0.347 e. The van der Waals surface area contributed by atoms with Crippen LogP contribution in [0.2, 0.25) is 0 Å². The minimum atomic E-state index is -3.47. The molecule has 0 aliphatic heterocycles. The highest BCUT2D eigenvalue weighted by Crippen LogP contribution is 2.26. The molecule has 1 heterocycles. The maximum atomic E-state index is 13.1. The van der Waals surface area contributed by atoms with E-state index in [-0.39, 0.29) is 10.8 Å². The molecule has 0 saturated heterocycles. The molecule has 1 aliphatic rings. The van der Waals surface area contributed by atoms with Crippen molar-refractivity contribution in [3.05, 3.63) is 77.1 Å². The topological polar surface area (TPSA) is 84.3 Å². The van der Waals surface area contributed by atoms with Gasteiger partial charge in [0.05, 0.1) is 10.6 Å². The molecule has 0 unspecified atom stereocenters. The van der Waals surface area contributed by atoms with Crippen molar-refractivity contribution in [1.82, 2.24) is 19.4 Å². The van der Waals surface area contributed by atoms with E-state index in [4.69, 9.17) is 5.10 Å². The summed E-state index contributed by atoms with van der Waals surface area (Å²) < 4.78 is 27.5. The lowest BCUT2D eigenvalue weighted by Crippen LogP contribution is -2.25. The second-order valence-corrected chi connectivity index (χ2v) is 10.3. The van der Waals surface area contributed by atoms with E-state index in [9.17, 15) is 13.2 Å². The van der Waals surface area contributed by atoms with Crippen molar-refractivity contribution in [2.24, 2.45) is 0 Å². The van der Waals surface area contributed by atoms with Gasteiger partial charge in [-0.05, 0) is 55.5 Å². The van der Waals surface area contributed by atoms with Crippen molar-refractivity contribution in [3.63, 3.8) is 0 Å². The lowest BCUT2D eigenvalue weighted by molar-refractivity contribution is 0.0944. The summed E-state index contributed by atoms with van der Waals surface area (Å²) in [6, 6.07) is 16.5. The molecule has 1 N–H and O–H groups in total. The van der Waals surface area contributed by atoms with Crippen LogP contribution in [-0.2, 0) is 29.4 Å². The molecule has 0 spiro atoms. The molecule has 8 heteroatoms. The van der Waals surface area contributed by atoms with E-state index in [0.717, 1.165) is 54.6 Å². The Balaban J connectivity index is 1.54. The molecule has 0 saturated carbocycles. The third-order valence-electron chi connectivity index (χ3n) is 5.80. The van der Waals surface area contributed by atoms with Gasteiger partial charge < -0.3 is 5.32 Å². The standard InChI is InChI=1S/C24H28N4O3S/c1-27(2)32(30,31)20-15-13-18(14-16-20)17-25-24(29)23-21-11-7-4-8-12-22(21)28(26-23)19-9-5-3-6-10-19/h3,5-6,9-10,13-16H,4,7-8,11-12,17H2,1-2H3,(H,25,29). The summed E-state index contributed by atoms with van der Waals surface area (Å²) in [5, 5.41) is 7.66. The smallest absolute Gasteiger partial charge is 0.272 e. The van der Waals surface area contributed by atoms with Gasteiger partial charge in [-0.1, -0.05) is 36.8 Å². The Labute approximate surface area is 189 Å². The van der Waals surface area contributed by atoms with Crippen LogP contribution in [0.3, 0.4) is 0 Å². The summed E-state index contributed by atoms with van der Waals surface area (Å²) in [7, 11) is -0.470. The van der Waals surface area contributed by atoms with E-state index < -0.39 is 10.0 Å². The largest absolute Gasteiger partial charge is 0.347 e. The van der Waals surface area contributed by atoms with Gasteiger partial charge in [0.25, 0.3) is 5.91 Å². The van der Waals surface area contributed by atoms with E-state index in [1.807, 2.05) is 35.0 Å². The zero-order valence-corrected chi connectivity index (χ0v) is 19.2. The van der Waals surface area contributed by atoms with E-state index in [1.54, 1.807) is 24.3 Å². The Bertz CT molecular complexity index is 1200. The number of aromatic nitrogens is 2. The van der Waals surface area contributed by atoms with Crippen LogP contribution < -0.4 is 5.32 Å². The van der Waals surface area contributed by atoms with Gasteiger partial charge in [0, 0.05) is 31.9 Å². The number of carbonyl (C=O) groups is 1. The fraction of sp³-hybridized carbons (Fsp3) is 0.333. The molecule has 3 aromatic rings. The third-order valence-corrected chi connectivity index (χ3v) is 7.63. The molecular formula is C24H28N4O3S. The van der Waals surface area contributed by atoms with Crippen molar-refractivity contribution in [3.8, 4) is 5.69 Å². The summed E-state index contributed by atoms with van der Waals surface area (Å²) in [5.74, 6) is -0.206. The summed E-state index contributed by atoms with van der Waals surface area (Å²) in [6.45, 7) is 0.300. The summed E-state index contributed by atoms with van der Waals surface area (Å²) >= 11 is 0. The van der Waals surface area contributed by atoms with Gasteiger partial charge >= 0.3 is 0 Å². The van der Waals surface area contributed by atoms with E-state index in [1.165, 1.54) is 18.4 Å². The fourth-order valence-electron chi connectivity index (χ4n) is 4.00. The highest BCUT2D eigenvalue weighted by Gasteiger charge is 2.24. The van der Waals surface area contributed by atoms with Gasteiger partial charge in [-0.2, -0.15) is 5.10 Å². The second-order valence-electron chi connectivity index (χ2n) is 8.20. The number of fused-ring (bicyclic) bond motifs is 1. The maximum Gasteiger partial charge on any atom is 0.272 e. The Hall–Kier alpha value is -2.97. The van der Waals surface area contributed by atoms with Gasteiger partial charge in [-0.3, -0.25) is 4.79 Å². The summed E-state index contributed by atoms with van der Waals surface area (Å²) in [4.78, 5) is 13.3. The van der Waals surface area contributed by atoms with E-state index in [0.29, 0.717) is 12.2 Å². The van der Waals surface area contributed by atoms with Crippen molar-refractivity contribution in [2.45, 2.75) is 43.5 Å². The number of sulfonamides is 1. The van der Waals surface area contributed by atoms with Crippen molar-refractivity contribution in [2.75, 3.05) is 14.1 Å². The molecule has 1 aliphatic carbocycles. The first-order valence-electron chi connectivity index (χ1n) is 10.8. The Kier molecular flexibility index (Phi) is 6.43. The zero-order chi connectivity index (χ0) is 22.7. The predicted octanol–water partition coefficient (Wildman–Crippen LogP) is 3.32. The molecule has 1 amide bonds. The van der Waals surface area contributed by atoms with Gasteiger partial charge in [0.1, 0.15) is 0 Å². The van der Waals surface area contributed by atoms with Crippen molar-refractivity contribution >= 4 is 15.9 Å². The molecule has 0 fully saturated rings. The number of para-hydroxylation sites is 1. The van der Waals surface area contributed by atoms with Crippen LogP contribution in [-0.4, -0.2) is 42.5 Å². The van der Waals surface area contributed by atoms with Gasteiger partial charge in [0.15, 0.2) is 5.69 Å². The molecular weight excluding hydrogens is 424 g/mol. The Morgan fingerprint density at radius 1 is 1.00 bits per heavy atom. The first-order chi connectivity index (χ1) is 15.4. The zero-order valence-electron chi connectivity index (χ0n) is 18.4. The monoisotopic (exact) mass is 452 g/mol. The highest BCUT2D eigenvalue weighted by atomic mass is 32.2. The molecule has 7 nitrogen and oxygen atoms in total. The van der Waals surface area contributed by atoms with Crippen LogP contribution >= 0.6 is 0 Å². The number of benzene rings is 2. The number of nitrogens with one attached hydrogen (secondary N) is 1. The van der Waals surface area contributed by atoms with Crippen LogP contribution in [0.5, 0.6) is 0 Å². The van der Waals surface area contributed by atoms with Crippen LogP contribution in [0, 0.1) is 0 Å². The predicted molar refractivity (Wildman–Crippen MR) is 123 cm³/mol. The molecule has 0 atom stereocenters. The first kappa shape index (κ1) is 22.2. The van der Waals surface area contributed by atoms with Gasteiger partial charge in [0.2, 0.25) is 10.0 Å². The second kappa shape index (κ2) is 9.26. The highest BCUT2D eigenvalue weighted by molar-refractivity contribution is 7.89. The van der Waals surface area contributed by atoms with E-state index in [2.05, 4.69) is 5.32 Å². The molecule has 32 heavy (non-hydrogen) atoms. The molecule has 1 aromatic heterocycles. The summed E-state index contributed by atoms with van der Waals surface area (Å²) in [5.41, 5.74) is 4.43. The quantitative estimate of drug-likeness (QED) is 0.582. The number of rotatable bonds is 6. The van der Waals surface area contributed by atoms with Gasteiger partial charge in [-0.25, -0.2) is 17.4 Å². The first-order valence-corrected chi connectivity index (χ1v) is 12.3. The average molecular weight is 453 g/mol. The number of amides is 1. The van der Waals surface area contributed by atoms with E-state index >= 15 is 0 Å². The van der Waals surface area contributed by atoms with Crippen molar-refractivity contribution < 1.29 is 13.2 Å². The SMILES string of the molecule is CN(C)S(=O)(=O)c1ccc(CNC(=O)c2nn(-c3ccccc3)c3c2CCCCC3)cc1. The molecule has 4 rings (SSSR count). The number of carbonyl (C=O) groups excluding carboxylic acids is 1. The maximum absolute atomic E-state index is 13.1. The Morgan fingerprint density at radius 2 is 1.69 bits per heavy atom. The van der Waals surface area contributed by atoms with Crippen molar-refractivity contribution in [1.29, 1.82) is 0 Å². The molecule has 168 valence electrons. The summed E-state index contributed by atoms with van der Waals surface area (Å²) in [6.07, 6.45) is 5.05. The average Bonchev–Trinajstić information content (AvgIpc) is 2.99. The Morgan fingerprint density at radius 3 is 2.38 bits per heavy atom. The number of hydrogen-bond acceptors (Lipinski definition) is 4. The number of nitrogens with zero attached hydrogens (tertiary/aromatic N) is 3. The van der Waals surface area contributed by atoms with Crippen LogP contribution in [0.15, 0.2) is 59.5 Å². The minimum absolute atomic E-state index is 0.206. The lowest BCUT2D eigenvalue weighted by atomic mass is 10.1. The molecule has 0 radical (unpaired) electrons. The lowest BCUT2D eigenvalue weighted by Gasteiger charge is -2.12.